The van der Waals surface area contributed by atoms with Crippen molar-refractivity contribution >= 4 is 64.1 Å². The summed E-state index contributed by atoms with van der Waals surface area (Å²) in [5.41, 5.74) is 1.59. The first kappa shape index (κ1) is 24.8. The van der Waals surface area contributed by atoms with Crippen LogP contribution in [0.5, 0.6) is 11.5 Å². The number of hydrogen-bond donors (Lipinski definition) is 1. The first-order valence-corrected chi connectivity index (χ1v) is 10.9. The molecule has 0 saturated heterocycles. The molecule has 0 atom stereocenters. The van der Waals surface area contributed by atoms with Crippen LogP contribution in [0.3, 0.4) is 0 Å². The molecule has 0 radical (unpaired) electrons. The van der Waals surface area contributed by atoms with Crippen molar-refractivity contribution in [2.24, 2.45) is 0 Å². The standard InChI is InChI=1S/C24H16Cl4N2O3/c1-32-22-10-15(9-21(28)23(22)33-13-14-3-2-4-17(25)8-14)7-16(12-29)24(31)30-18-5-6-19(26)20(27)11-18/h2-11H,13H2,1H3,(H,30,31)/b16-7+. The van der Waals surface area contributed by atoms with Crippen molar-refractivity contribution in [1.29, 1.82) is 5.26 Å². The third-order valence-corrected chi connectivity index (χ3v) is 5.63. The maximum Gasteiger partial charge on any atom is 0.266 e. The lowest BCUT2D eigenvalue weighted by Gasteiger charge is -2.14. The van der Waals surface area contributed by atoms with Crippen molar-refractivity contribution < 1.29 is 14.3 Å². The molecule has 0 spiro atoms. The fourth-order valence-corrected chi connectivity index (χ4v) is 3.62. The predicted octanol–water partition coefficient (Wildman–Crippen LogP) is 7.43. The predicted molar refractivity (Wildman–Crippen MR) is 132 cm³/mol. The number of nitrogens with zero attached hydrogens (tertiary/aromatic N) is 1. The second-order valence-corrected chi connectivity index (χ2v) is 8.36. The Bertz CT molecular complexity index is 1270. The first-order chi connectivity index (χ1) is 15.8. The number of nitriles is 1. The molecular weight excluding hydrogens is 506 g/mol. The van der Waals surface area contributed by atoms with Gasteiger partial charge in [-0.2, -0.15) is 5.26 Å². The van der Waals surface area contributed by atoms with E-state index in [0.29, 0.717) is 32.8 Å². The molecule has 33 heavy (non-hydrogen) atoms. The Morgan fingerprint density at radius 3 is 2.48 bits per heavy atom. The van der Waals surface area contributed by atoms with E-state index in [1.54, 1.807) is 36.4 Å². The van der Waals surface area contributed by atoms with Gasteiger partial charge in [0.15, 0.2) is 11.5 Å². The van der Waals surface area contributed by atoms with Gasteiger partial charge < -0.3 is 14.8 Å². The lowest BCUT2D eigenvalue weighted by molar-refractivity contribution is -0.112. The summed E-state index contributed by atoms with van der Waals surface area (Å²) < 4.78 is 11.2. The highest BCUT2D eigenvalue weighted by molar-refractivity contribution is 6.42. The van der Waals surface area contributed by atoms with Crippen LogP contribution < -0.4 is 14.8 Å². The Labute approximate surface area is 211 Å². The van der Waals surface area contributed by atoms with E-state index < -0.39 is 5.91 Å². The summed E-state index contributed by atoms with van der Waals surface area (Å²) in [6.07, 6.45) is 1.39. The van der Waals surface area contributed by atoms with Crippen LogP contribution in [0.2, 0.25) is 20.1 Å². The van der Waals surface area contributed by atoms with E-state index in [1.807, 2.05) is 18.2 Å². The summed E-state index contributed by atoms with van der Waals surface area (Å²) in [6.45, 7) is 0.224. The lowest BCUT2D eigenvalue weighted by atomic mass is 10.1. The quantitative estimate of drug-likeness (QED) is 0.259. The summed E-state index contributed by atoms with van der Waals surface area (Å²) in [5.74, 6) is 0.0558. The second-order valence-electron chi connectivity index (χ2n) is 6.71. The zero-order valence-electron chi connectivity index (χ0n) is 17.2. The molecular formula is C24H16Cl4N2O3. The van der Waals surface area contributed by atoms with Crippen molar-refractivity contribution in [3.8, 4) is 17.6 Å². The monoisotopic (exact) mass is 520 g/mol. The van der Waals surface area contributed by atoms with Crippen LogP contribution in [0.4, 0.5) is 5.69 Å². The van der Waals surface area contributed by atoms with Gasteiger partial charge in [-0.25, -0.2) is 0 Å². The van der Waals surface area contributed by atoms with Gasteiger partial charge in [-0.1, -0.05) is 58.5 Å². The molecule has 5 nitrogen and oxygen atoms in total. The SMILES string of the molecule is COc1cc(/C=C(\C#N)C(=O)Nc2ccc(Cl)c(Cl)c2)cc(Cl)c1OCc1cccc(Cl)c1. The van der Waals surface area contributed by atoms with Gasteiger partial charge in [0.05, 0.1) is 22.2 Å². The van der Waals surface area contributed by atoms with E-state index in [1.165, 1.54) is 19.3 Å². The van der Waals surface area contributed by atoms with Crippen LogP contribution in [-0.2, 0) is 11.4 Å². The van der Waals surface area contributed by atoms with Crippen LogP contribution in [0, 0.1) is 11.3 Å². The zero-order chi connectivity index (χ0) is 24.0. The van der Waals surface area contributed by atoms with Crippen LogP contribution in [0.15, 0.2) is 60.2 Å². The molecule has 0 aliphatic heterocycles. The number of benzene rings is 3. The van der Waals surface area contributed by atoms with Gasteiger partial charge in [0.1, 0.15) is 18.2 Å². The van der Waals surface area contributed by atoms with Crippen molar-refractivity contribution in [1.82, 2.24) is 0 Å². The molecule has 0 heterocycles. The maximum atomic E-state index is 12.6. The lowest BCUT2D eigenvalue weighted by Crippen LogP contribution is -2.13. The molecule has 0 bridgehead atoms. The Hall–Kier alpha value is -2.88. The van der Waals surface area contributed by atoms with E-state index >= 15 is 0 Å². The van der Waals surface area contributed by atoms with Gasteiger partial charge in [0.25, 0.3) is 5.91 Å². The number of carbonyl (C=O) groups excluding carboxylic acids is 1. The first-order valence-electron chi connectivity index (χ1n) is 9.43. The van der Waals surface area contributed by atoms with E-state index in [2.05, 4.69) is 5.32 Å². The van der Waals surface area contributed by atoms with E-state index in [0.717, 1.165) is 5.56 Å². The number of amides is 1. The third kappa shape index (κ3) is 6.56. The maximum absolute atomic E-state index is 12.6. The number of rotatable bonds is 7. The molecule has 168 valence electrons. The summed E-state index contributed by atoms with van der Waals surface area (Å²) in [7, 11) is 1.47. The second kappa shape index (κ2) is 11.3. The smallest absolute Gasteiger partial charge is 0.266 e. The Morgan fingerprint density at radius 2 is 1.82 bits per heavy atom. The molecule has 9 heteroatoms. The number of hydrogen-bond acceptors (Lipinski definition) is 4. The molecule has 0 aliphatic carbocycles. The third-order valence-electron chi connectivity index (χ3n) is 4.38. The highest BCUT2D eigenvalue weighted by atomic mass is 35.5. The van der Waals surface area contributed by atoms with Crippen LogP contribution in [0.25, 0.3) is 6.08 Å². The molecule has 0 fully saturated rings. The van der Waals surface area contributed by atoms with Gasteiger partial charge in [0.2, 0.25) is 0 Å². The average Bonchev–Trinajstić information content (AvgIpc) is 2.78. The van der Waals surface area contributed by atoms with E-state index in [4.69, 9.17) is 55.9 Å². The summed E-state index contributed by atoms with van der Waals surface area (Å²) in [5, 5.41) is 13.6. The van der Waals surface area contributed by atoms with Crippen molar-refractivity contribution in [2.45, 2.75) is 6.61 Å². The van der Waals surface area contributed by atoms with Crippen LogP contribution >= 0.6 is 46.4 Å². The zero-order valence-corrected chi connectivity index (χ0v) is 20.2. The van der Waals surface area contributed by atoms with Crippen molar-refractivity contribution in [3.63, 3.8) is 0 Å². The van der Waals surface area contributed by atoms with Crippen molar-refractivity contribution in [2.75, 3.05) is 12.4 Å². The molecule has 3 aromatic carbocycles. The highest BCUT2D eigenvalue weighted by Crippen LogP contribution is 2.37. The Morgan fingerprint density at radius 1 is 1.03 bits per heavy atom. The number of methoxy groups -OCH3 is 1. The molecule has 1 amide bonds. The number of ether oxygens (including phenoxy) is 2. The summed E-state index contributed by atoms with van der Waals surface area (Å²) in [6, 6.07) is 16.9. The molecule has 0 aromatic heterocycles. The Balaban J connectivity index is 1.82. The van der Waals surface area contributed by atoms with Gasteiger partial charge in [-0.3, -0.25) is 4.79 Å². The minimum Gasteiger partial charge on any atom is -0.493 e. The summed E-state index contributed by atoms with van der Waals surface area (Å²) in [4.78, 5) is 12.6. The normalized spacial score (nSPS) is 11.0. The van der Waals surface area contributed by atoms with Crippen LogP contribution in [0.1, 0.15) is 11.1 Å². The summed E-state index contributed by atoms with van der Waals surface area (Å²) >= 11 is 24.3. The van der Waals surface area contributed by atoms with E-state index in [-0.39, 0.29) is 22.2 Å². The van der Waals surface area contributed by atoms with Gasteiger partial charge in [-0.15, -0.1) is 0 Å². The Kier molecular flexibility index (Phi) is 8.49. The number of carbonyl (C=O) groups is 1. The largest absolute Gasteiger partial charge is 0.493 e. The minimum absolute atomic E-state index is 0.146. The van der Waals surface area contributed by atoms with Gasteiger partial charge in [0, 0.05) is 10.7 Å². The van der Waals surface area contributed by atoms with E-state index in [9.17, 15) is 10.1 Å². The molecule has 0 unspecified atom stereocenters. The van der Waals surface area contributed by atoms with Gasteiger partial charge in [-0.05, 0) is 59.7 Å². The fourth-order valence-electron chi connectivity index (χ4n) is 2.83. The molecule has 1 N–H and O–H groups in total. The van der Waals surface area contributed by atoms with Crippen LogP contribution in [-0.4, -0.2) is 13.0 Å². The molecule has 0 saturated carbocycles. The average molecular weight is 522 g/mol. The fraction of sp³-hybridized carbons (Fsp3) is 0.0833. The molecule has 3 rings (SSSR count). The number of nitrogens with one attached hydrogen (secondary N) is 1. The number of anilines is 1. The highest BCUT2D eigenvalue weighted by Gasteiger charge is 2.15. The van der Waals surface area contributed by atoms with Gasteiger partial charge >= 0.3 is 0 Å². The number of halogens is 4. The van der Waals surface area contributed by atoms with Crippen molar-refractivity contribution in [3.05, 3.63) is 91.4 Å². The minimum atomic E-state index is -0.618. The molecule has 0 aliphatic rings. The topological polar surface area (TPSA) is 71.3 Å². The molecule has 3 aromatic rings.